The highest BCUT2D eigenvalue weighted by Crippen LogP contribution is 2.40. The maximum absolute atomic E-state index is 13.3. The molecule has 2 aromatic carbocycles. The number of methoxy groups -OCH3 is 1. The molecule has 10 heteroatoms. The number of ether oxygens (including phenoxy) is 1. The lowest BCUT2D eigenvalue weighted by Crippen LogP contribution is -2.45. The molecule has 3 heterocycles. The molecular weight excluding hydrogens is 566 g/mol. The van der Waals surface area contributed by atoms with E-state index in [4.69, 9.17) is 9.72 Å². The molecule has 2 aliphatic heterocycles. The van der Waals surface area contributed by atoms with Crippen molar-refractivity contribution in [3.63, 3.8) is 0 Å². The lowest BCUT2D eigenvalue weighted by molar-refractivity contribution is -0.125. The SMILES string of the molecule is COc1cc(C(=O)NC2CCN(Cc3ccccc3)CC2)ccc1Nc1ncc2c(n1)N(C1CCCC1)CC(C)(C)C(=O)N2C. The van der Waals surface area contributed by atoms with Crippen LogP contribution in [0.4, 0.5) is 23.1 Å². The first-order valence-electron chi connectivity index (χ1n) is 16.2. The molecule has 3 aliphatic rings. The largest absolute Gasteiger partial charge is 0.495 e. The van der Waals surface area contributed by atoms with E-state index in [-0.39, 0.29) is 17.9 Å². The number of hydrogen-bond donors (Lipinski definition) is 2. The van der Waals surface area contributed by atoms with E-state index in [1.165, 1.54) is 18.4 Å². The van der Waals surface area contributed by atoms with Gasteiger partial charge >= 0.3 is 0 Å². The molecule has 3 aromatic rings. The van der Waals surface area contributed by atoms with E-state index in [0.29, 0.717) is 41.2 Å². The molecule has 0 bridgehead atoms. The van der Waals surface area contributed by atoms with Crippen LogP contribution in [0.15, 0.2) is 54.7 Å². The van der Waals surface area contributed by atoms with Crippen LogP contribution in [0.25, 0.3) is 0 Å². The van der Waals surface area contributed by atoms with Crippen molar-refractivity contribution in [2.45, 2.75) is 71.0 Å². The summed E-state index contributed by atoms with van der Waals surface area (Å²) in [5.74, 6) is 1.66. The lowest BCUT2D eigenvalue weighted by Gasteiger charge is -2.34. The van der Waals surface area contributed by atoms with Crippen molar-refractivity contribution in [1.29, 1.82) is 0 Å². The molecule has 1 saturated heterocycles. The highest BCUT2D eigenvalue weighted by Gasteiger charge is 2.41. The summed E-state index contributed by atoms with van der Waals surface area (Å²) in [4.78, 5) is 42.5. The van der Waals surface area contributed by atoms with Crippen LogP contribution in [0.5, 0.6) is 5.75 Å². The smallest absolute Gasteiger partial charge is 0.251 e. The highest BCUT2D eigenvalue weighted by atomic mass is 16.5. The molecule has 1 saturated carbocycles. The Balaban J connectivity index is 1.14. The van der Waals surface area contributed by atoms with Gasteiger partial charge in [0.25, 0.3) is 5.91 Å². The first kappa shape index (κ1) is 30.8. The second-order valence-electron chi connectivity index (χ2n) is 13.3. The zero-order valence-corrected chi connectivity index (χ0v) is 26.9. The number of hydrogen-bond acceptors (Lipinski definition) is 8. The van der Waals surface area contributed by atoms with E-state index in [1.807, 2.05) is 26.0 Å². The molecular formula is C35H45N7O3. The maximum Gasteiger partial charge on any atom is 0.251 e. The Kier molecular flexibility index (Phi) is 8.94. The van der Waals surface area contributed by atoms with E-state index in [0.717, 1.165) is 51.1 Å². The number of amides is 2. The number of aromatic nitrogens is 2. The second-order valence-corrected chi connectivity index (χ2v) is 13.3. The number of rotatable bonds is 8. The number of nitrogens with one attached hydrogen (secondary N) is 2. The number of carbonyl (C=O) groups excluding carboxylic acids is 2. The van der Waals surface area contributed by atoms with Crippen molar-refractivity contribution >= 4 is 35.0 Å². The number of piperidine rings is 1. The molecule has 238 valence electrons. The van der Waals surface area contributed by atoms with Crippen molar-refractivity contribution < 1.29 is 14.3 Å². The first-order chi connectivity index (χ1) is 21.7. The van der Waals surface area contributed by atoms with Crippen LogP contribution >= 0.6 is 0 Å². The Hall–Kier alpha value is -4.18. The molecule has 1 aromatic heterocycles. The summed E-state index contributed by atoms with van der Waals surface area (Å²) in [6, 6.07) is 16.4. The summed E-state index contributed by atoms with van der Waals surface area (Å²) in [5.41, 5.74) is 2.68. The Morgan fingerprint density at radius 1 is 1.04 bits per heavy atom. The zero-order chi connectivity index (χ0) is 31.6. The summed E-state index contributed by atoms with van der Waals surface area (Å²) >= 11 is 0. The number of fused-ring (bicyclic) bond motifs is 1. The predicted octanol–water partition coefficient (Wildman–Crippen LogP) is 5.37. The van der Waals surface area contributed by atoms with Gasteiger partial charge in [0.15, 0.2) is 5.82 Å². The van der Waals surface area contributed by atoms with Gasteiger partial charge in [-0.1, -0.05) is 43.2 Å². The molecule has 1 aliphatic carbocycles. The van der Waals surface area contributed by atoms with Gasteiger partial charge in [-0.05, 0) is 63.3 Å². The molecule has 6 rings (SSSR count). The molecule has 2 fully saturated rings. The first-order valence-corrected chi connectivity index (χ1v) is 16.2. The number of anilines is 4. The van der Waals surface area contributed by atoms with Gasteiger partial charge in [0.05, 0.1) is 24.4 Å². The third-order valence-corrected chi connectivity index (χ3v) is 9.48. The van der Waals surface area contributed by atoms with Gasteiger partial charge < -0.3 is 25.2 Å². The van der Waals surface area contributed by atoms with Gasteiger partial charge in [-0.3, -0.25) is 14.5 Å². The van der Waals surface area contributed by atoms with Crippen molar-refractivity contribution in [3.8, 4) is 5.75 Å². The minimum Gasteiger partial charge on any atom is -0.495 e. The number of likely N-dealkylation sites (tertiary alicyclic amines) is 1. The Bertz CT molecular complexity index is 1510. The van der Waals surface area contributed by atoms with E-state index >= 15 is 0 Å². The van der Waals surface area contributed by atoms with Crippen molar-refractivity contribution in [2.24, 2.45) is 5.41 Å². The average molecular weight is 612 g/mol. The molecule has 0 radical (unpaired) electrons. The molecule has 2 N–H and O–H groups in total. The molecule has 0 unspecified atom stereocenters. The summed E-state index contributed by atoms with van der Waals surface area (Å²) < 4.78 is 5.69. The topological polar surface area (TPSA) is 103 Å². The van der Waals surface area contributed by atoms with Gasteiger partial charge in [0.2, 0.25) is 11.9 Å². The highest BCUT2D eigenvalue weighted by molar-refractivity contribution is 6.01. The summed E-state index contributed by atoms with van der Waals surface area (Å²) in [5, 5.41) is 6.53. The summed E-state index contributed by atoms with van der Waals surface area (Å²) in [6.45, 7) is 7.45. The maximum atomic E-state index is 13.3. The monoisotopic (exact) mass is 611 g/mol. The van der Waals surface area contributed by atoms with E-state index in [1.54, 1.807) is 37.4 Å². The fourth-order valence-corrected chi connectivity index (χ4v) is 6.93. The third kappa shape index (κ3) is 6.76. The van der Waals surface area contributed by atoms with Crippen LogP contribution in [0.2, 0.25) is 0 Å². The van der Waals surface area contributed by atoms with Gasteiger partial charge in [0, 0.05) is 50.9 Å². The average Bonchev–Trinajstić information content (AvgIpc) is 3.57. The third-order valence-electron chi connectivity index (χ3n) is 9.48. The zero-order valence-electron chi connectivity index (χ0n) is 26.9. The normalized spacial score (nSPS) is 19.2. The standard InChI is InChI=1S/C35H45N7O3/c1-35(2)23-42(27-12-8-9-13-27)31-29(40(3)33(35)44)21-36-34(39-31)38-28-15-14-25(20-30(28)45-4)32(43)37-26-16-18-41(19-17-26)22-24-10-6-5-7-11-24/h5-7,10-11,14-15,20-21,26-27H,8-9,12-13,16-19,22-23H2,1-4H3,(H,37,43)(H,36,38,39). The van der Waals surface area contributed by atoms with E-state index in [2.05, 4.69) is 49.7 Å². The van der Waals surface area contributed by atoms with Crippen molar-refractivity contribution in [1.82, 2.24) is 20.2 Å². The van der Waals surface area contributed by atoms with Gasteiger partial charge in [0.1, 0.15) is 11.4 Å². The van der Waals surface area contributed by atoms with E-state index in [9.17, 15) is 9.59 Å². The Labute approximate surface area is 266 Å². The molecule has 45 heavy (non-hydrogen) atoms. The quantitative estimate of drug-likeness (QED) is 0.350. The minimum absolute atomic E-state index is 0.0572. The van der Waals surface area contributed by atoms with Crippen molar-refractivity contribution in [2.75, 3.05) is 48.9 Å². The van der Waals surface area contributed by atoms with Crippen LogP contribution in [-0.2, 0) is 11.3 Å². The summed E-state index contributed by atoms with van der Waals surface area (Å²) in [7, 11) is 3.39. The minimum atomic E-state index is -0.551. The number of nitrogens with zero attached hydrogens (tertiary/aromatic N) is 5. The van der Waals surface area contributed by atoms with E-state index < -0.39 is 5.41 Å². The van der Waals surface area contributed by atoms with Crippen LogP contribution in [0.1, 0.15) is 68.3 Å². The van der Waals surface area contributed by atoms with Gasteiger partial charge in [-0.2, -0.15) is 4.98 Å². The second kappa shape index (κ2) is 13.0. The van der Waals surface area contributed by atoms with Crippen LogP contribution in [0, 0.1) is 5.41 Å². The number of carbonyl (C=O) groups is 2. The molecule has 0 atom stereocenters. The van der Waals surface area contributed by atoms with Crippen LogP contribution in [0.3, 0.4) is 0 Å². The molecule has 10 nitrogen and oxygen atoms in total. The van der Waals surface area contributed by atoms with Crippen LogP contribution < -0.4 is 25.2 Å². The van der Waals surface area contributed by atoms with Crippen molar-refractivity contribution in [3.05, 3.63) is 65.9 Å². The Morgan fingerprint density at radius 3 is 2.49 bits per heavy atom. The molecule has 0 spiro atoms. The summed E-state index contributed by atoms with van der Waals surface area (Å²) in [6.07, 6.45) is 8.10. The van der Waals surface area contributed by atoms with Gasteiger partial charge in [-0.15, -0.1) is 0 Å². The Morgan fingerprint density at radius 2 is 1.78 bits per heavy atom. The van der Waals surface area contributed by atoms with Crippen LogP contribution in [-0.4, -0.2) is 72.6 Å². The fourth-order valence-electron chi connectivity index (χ4n) is 6.93. The molecule has 2 amide bonds. The fraction of sp³-hybridized carbons (Fsp3) is 0.486. The predicted molar refractivity (Wildman–Crippen MR) is 177 cm³/mol. The number of benzene rings is 2. The lowest BCUT2D eigenvalue weighted by atomic mass is 9.91. The van der Waals surface area contributed by atoms with Gasteiger partial charge in [-0.25, -0.2) is 4.98 Å².